The van der Waals surface area contributed by atoms with Gasteiger partial charge in [-0.25, -0.2) is 0 Å². The van der Waals surface area contributed by atoms with E-state index in [0.717, 1.165) is 31.7 Å². The van der Waals surface area contributed by atoms with Crippen LogP contribution < -0.4 is 10.6 Å². The second kappa shape index (κ2) is 6.33. The quantitative estimate of drug-likeness (QED) is 0.859. The third-order valence-electron chi connectivity index (χ3n) is 4.00. The van der Waals surface area contributed by atoms with Crippen molar-refractivity contribution in [1.29, 1.82) is 0 Å². The fourth-order valence-electron chi connectivity index (χ4n) is 2.46. The van der Waals surface area contributed by atoms with Gasteiger partial charge in [0.1, 0.15) is 0 Å². The fourth-order valence-corrected chi connectivity index (χ4v) is 2.46. The Kier molecular flexibility index (Phi) is 4.73. The zero-order valence-corrected chi connectivity index (χ0v) is 12.5. The van der Waals surface area contributed by atoms with Gasteiger partial charge in [0, 0.05) is 38.6 Å². The molecule has 2 N–H and O–H groups in total. The van der Waals surface area contributed by atoms with Crippen LogP contribution in [0, 0.1) is 0 Å². The molecule has 0 unspecified atom stereocenters. The highest BCUT2D eigenvalue weighted by Crippen LogP contribution is 2.18. The Labute approximate surface area is 120 Å². The minimum Gasteiger partial charge on any atom is -0.348 e. The van der Waals surface area contributed by atoms with Crippen molar-refractivity contribution in [3.63, 3.8) is 0 Å². The summed E-state index contributed by atoms with van der Waals surface area (Å²) in [5.74, 6) is 0.0655. The van der Waals surface area contributed by atoms with Gasteiger partial charge < -0.3 is 10.6 Å². The number of rotatable bonds is 4. The van der Waals surface area contributed by atoms with Gasteiger partial charge in [0.15, 0.2) is 0 Å². The molecule has 2 rings (SSSR count). The molecule has 1 atom stereocenters. The van der Waals surface area contributed by atoms with Gasteiger partial charge in [-0.3, -0.25) is 14.7 Å². The van der Waals surface area contributed by atoms with Crippen molar-refractivity contribution in [3.05, 3.63) is 30.1 Å². The highest BCUT2D eigenvalue weighted by molar-refractivity contribution is 5.85. The average Bonchev–Trinajstić information content (AvgIpc) is 2.49. The van der Waals surface area contributed by atoms with Gasteiger partial charge in [-0.2, -0.15) is 0 Å². The van der Waals surface area contributed by atoms with E-state index in [9.17, 15) is 4.79 Å². The second-order valence-corrected chi connectivity index (χ2v) is 5.78. The first-order chi connectivity index (χ1) is 9.51. The molecule has 1 aromatic rings. The van der Waals surface area contributed by atoms with Crippen molar-refractivity contribution in [2.24, 2.45) is 0 Å². The molecular weight excluding hydrogens is 252 g/mol. The first kappa shape index (κ1) is 14.9. The molecule has 0 saturated carbocycles. The first-order valence-corrected chi connectivity index (χ1v) is 7.18. The van der Waals surface area contributed by atoms with Crippen molar-refractivity contribution < 1.29 is 4.79 Å². The minimum atomic E-state index is -0.488. The molecular formula is C15H24N4O. The normalized spacial score (nSPS) is 18.6. The lowest BCUT2D eigenvalue weighted by Crippen LogP contribution is -2.60. The lowest BCUT2D eigenvalue weighted by Gasteiger charge is -2.40. The number of hydrogen-bond donors (Lipinski definition) is 2. The standard InChI is InChI=1S/C15H24N4O/c1-12(13-5-4-6-17-11-13)18-14(20)15(2,3)19-9-7-16-8-10-19/h4-6,11-12,16H,7-10H2,1-3H3,(H,18,20)/t12-/m0/s1. The van der Waals surface area contributed by atoms with Crippen LogP contribution in [0.15, 0.2) is 24.5 Å². The Bertz CT molecular complexity index is 440. The summed E-state index contributed by atoms with van der Waals surface area (Å²) in [5, 5.41) is 6.40. The van der Waals surface area contributed by atoms with Crippen LogP contribution in [-0.4, -0.2) is 47.5 Å². The molecule has 0 aromatic carbocycles. The number of pyridine rings is 1. The van der Waals surface area contributed by atoms with Crippen LogP contribution in [0.5, 0.6) is 0 Å². The van der Waals surface area contributed by atoms with Crippen LogP contribution >= 0.6 is 0 Å². The largest absolute Gasteiger partial charge is 0.348 e. The van der Waals surface area contributed by atoms with Crippen molar-refractivity contribution in [3.8, 4) is 0 Å². The van der Waals surface area contributed by atoms with E-state index in [1.807, 2.05) is 32.9 Å². The third kappa shape index (κ3) is 3.35. The van der Waals surface area contributed by atoms with E-state index in [0.29, 0.717) is 0 Å². The van der Waals surface area contributed by atoms with Crippen LogP contribution in [0.1, 0.15) is 32.4 Å². The van der Waals surface area contributed by atoms with E-state index < -0.39 is 5.54 Å². The van der Waals surface area contributed by atoms with E-state index in [-0.39, 0.29) is 11.9 Å². The Morgan fingerprint density at radius 3 is 2.75 bits per heavy atom. The number of carbonyl (C=O) groups is 1. The molecule has 5 nitrogen and oxygen atoms in total. The molecule has 1 fully saturated rings. The maximum atomic E-state index is 12.6. The van der Waals surface area contributed by atoms with Gasteiger partial charge >= 0.3 is 0 Å². The van der Waals surface area contributed by atoms with Gasteiger partial charge in [0.2, 0.25) is 5.91 Å². The zero-order valence-electron chi connectivity index (χ0n) is 12.5. The molecule has 110 valence electrons. The summed E-state index contributed by atoms with van der Waals surface area (Å²) in [5.41, 5.74) is 0.537. The van der Waals surface area contributed by atoms with Crippen LogP contribution in [0.25, 0.3) is 0 Å². The summed E-state index contributed by atoms with van der Waals surface area (Å²) >= 11 is 0. The Morgan fingerprint density at radius 2 is 2.15 bits per heavy atom. The summed E-state index contributed by atoms with van der Waals surface area (Å²) in [4.78, 5) is 18.9. The summed E-state index contributed by atoms with van der Waals surface area (Å²) in [6.45, 7) is 9.66. The Hall–Kier alpha value is -1.46. The second-order valence-electron chi connectivity index (χ2n) is 5.78. The summed E-state index contributed by atoms with van der Waals surface area (Å²) in [7, 11) is 0. The number of nitrogens with zero attached hydrogens (tertiary/aromatic N) is 2. The van der Waals surface area contributed by atoms with E-state index in [1.165, 1.54) is 0 Å². The molecule has 0 aliphatic carbocycles. The summed E-state index contributed by atoms with van der Waals surface area (Å²) in [6, 6.07) is 3.84. The molecule has 2 heterocycles. The highest BCUT2D eigenvalue weighted by atomic mass is 16.2. The zero-order chi connectivity index (χ0) is 14.6. The number of carbonyl (C=O) groups excluding carboxylic acids is 1. The van der Waals surface area contributed by atoms with E-state index in [2.05, 4.69) is 20.5 Å². The molecule has 1 aliphatic rings. The van der Waals surface area contributed by atoms with Crippen LogP contribution in [-0.2, 0) is 4.79 Å². The van der Waals surface area contributed by atoms with Gasteiger partial charge in [-0.15, -0.1) is 0 Å². The van der Waals surface area contributed by atoms with Crippen molar-refractivity contribution >= 4 is 5.91 Å². The molecule has 1 saturated heterocycles. The topological polar surface area (TPSA) is 57.3 Å². The minimum absolute atomic E-state index is 0.0293. The van der Waals surface area contributed by atoms with Crippen molar-refractivity contribution in [2.75, 3.05) is 26.2 Å². The lowest BCUT2D eigenvalue weighted by molar-refractivity contribution is -0.132. The molecule has 1 aromatic heterocycles. The third-order valence-corrected chi connectivity index (χ3v) is 4.00. The number of aromatic nitrogens is 1. The van der Waals surface area contributed by atoms with Crippen molar-refractivity contribution in [2.45, 2.75) is 32.4 Å². The number of amides is 1. The SMILES string of the molecule is C[C@H](NC(=O)C(C)(C)N1CCNCC1)c1cccnc1. The maximum Gasteiger partial charge on any atom is 0.240 e. The molecule has 1 aliphatic heterocycles. The summed E-state index contributed by atoms with van der Waals surface area (Å²) in [6.07, 6.45) is 3.53. The van der Waals surface area contributed by atoms with Gasteiger partial charge in [0.05, 0.1) is 11.6 Å². The predicted molar refractivity (Wildman–Crippen MR) is 79.3 cm³/mol. The van der Waals surface area contributed by atoms with E-state index in [4.69, 9.17) is 0 Å². The Morgan fingerprint density at radius 1 is 1.45 bits per heavy atom. The molecule has 1 amide bonds. The van der Waals surface area contributed by atoms with Gasteiger partial charge in [-0.1, -0.05) is 6.07 Å². The molecule has 0 radical (unpaired) electrons. The van der Waals surface area contributed by atoms with Crippen LogP contribution in [0.3, 0.4) is 0 Å². The van der Waals surface area contributed by atoms with Gasteiger partial charge in [0.25, 0.3) is 0 Å². The predicted octanol–water partition coefficient (Wildman–Crippen LogP) is 0.943. The van der Waals surface area contributed by atoms with Crippen LogP contribution in [0.2, 0.25) is 0 Å². The smallest absolute Gasteiger partial charge is 0.240 e. The fraction of sp³-hybridized carbons (Fsp3) is 0.600. The first-order valence-electron chi connectivity index (χ1n) is 7.18. The molecule has 0 bridgehead atoms. The monoisotopic (exact) mass is 276 g/mol. The average molecular weight is 276 g/mol. The number of hydrogen-bond acceptors (Lipinski definition) is 4. The number of nitrogens with one attached hydrogen (secondary N) is 2. The molecule has 20 heavy (non-hydrogen) atoms. The van der Waals surface area contributed by atoms with Crippen LogP contribution in [0.4, 0.5) is 0 Å². The van der Waals surface area contributed by atoms with E-state index >= 15 is 0 Å². The van der Waals surface area contributed by atoms with Gasteiger partial charge in [-0.05, 0) is 32.4 Å². The molecule has 5 heteroatoms. The number of piperazine rings is 1. The molecule has 0 spiro atoms. The van der Waals surface area contributed by atoms with E-state index in [1.54, 1.807) is 12.4 Å². The van der Waals surface area contributed by atoms with Crippen molar-refractivity contribution in [1.82, 2.24) is 20.5 Å². The maximum absolute atomic E-state index is 12.6. The lowest BCUT2D eigenvalue weighted by atomic mass is 9.99. The summed E-state index contributed by atoms with van der Waals surface area (Å²) < 4.78 is 0. The Balaban J connectivity index is 1.99. The highest BCUT2D eigenvalue weighted by Gasteiger charge is 2.35.